The molecule has 1 N–H and O–H groups in total. The number of thiophene rings is 1. The molecule has 3 rings (SSSR count). The molecule has 1 aliphatic heterocycles. The molecule has 0 spiro atoms. The predicted molar refractivity (Wildman–Crippen MR) is 81.2 cm³/mol. The summed E-state index contributed by atoms with van der Waals surface area (Å²) in [5.41, 5.74) is 0.493. The van der Waals surface area contributed by atoms with Gasteiger partial charge in [-0.2, -0.15) is 5.10 Å². The minimum atomic E-state index is -3.52. The third-order valence-electron chi connectivity index (χ3n) is 3.40. The highest BCUT2D eigenvalue weighted by molar-refractivity contribution is 7.94. The third kappa shape index (κ3) is 3.28. The average Bonchev–Trinajstić information content (AvgIpc) is 3.09. The smallest absolute Gasteiger partial charge is 0.271 e. The van der Waals surface area contributed by atoms with Crippen LogP contribution in [0, 0.1) is 6.92 Å². The number of nitrogens with one attached hydrogen (secondary N) is 1. The van der Waals surface area contributed by atoms with Crippen LogP contribution in [-0.2, 0) is 14.8 Å². The SMILES string of the molecule is Cc1ccc(S(=O)(=O)Nc2cnn(C3CCOCC3)c2)s1. The Morgan fingerprint density at radius 3 is 2.81 bits per heavy atom. The summed E-state index contributed by atoms with van der Waals surface area (Å²) < 4.78 is 34.5. The van der Waals surface area contributed by atoms with Crippen LogP contribution in [0.3, 0.4) is 0 Å². The van der Waals surface area contributed by atoms with Crippen LogP contribution in [0.2, 0.25) is 0 Å². The van der Waals surface area contributed by atoms with Crippen molar-refractivity contribution in [1.82, 2.24) is 9.78 Å². The second-order valence-corrected chi connectivity index (χ2v) is 8.22. The number of aromatic nitrogens is 2. The van der Waals surface area contributed by atoms with Crippen LogP contribution in [0.4, 0.5) is 5.69 Å². The molecule has 1 fully saturated rings. The minimum Gasteiger partial charge on any atom is -0.381 e. The quantitative estimate of drug-likeness (QED) is 0.936. The molecule has 3 heterocycles. The zero-order valence-electron chi connectivity index (χ0n) is 11.7. The first-order chi connectivity index (χ1) is 10.0. The van der Waals surface area contributed by atoms with Gasteiger partial charge in [0.2, 0.25) is 0 Å². The molecule has 0 aromatic carbocycles. The molecule has 2 aromatic rings. The van der Waals surface area contributed by atoms with E-state index in [1.807, 2.05) is 11.6 Å². The van der Waals surface area contributed by atoms with E-state index in [2.05, 4.69) is 9.82 Å². The average molecular weight is 327 g/mol. The van der Waals surface area contributed by atoms with Gasteiger partial charge in [-0.15, -0.1) is 11.3 Å². The molecule has 0 amide bonds. The number of anilines is 1. The van der Waals surface area contributed by atoms with Gasteiger partial charge in [0.05, 0.1) is 17.9 Å². The van der Waals surface area contributed by atoms with Crippen molar-refractivity contribution in [1.29, 1.82) is 0 Å². The zero-order valence-corrected chi connectivity index (χ0v) is 13.3. The molecular weight excluding hydrogens is 310 g/mol. The Morgan fingerprint density at radius 1 is 1.38 bits per heavy atom. The normalized spacial score (nSPS) is 17.0. The maximum absolute atomic E-state index is 12.2. The first-order valence-corrected chi connectivity index (χ1v) is 9.06. The van der Waals surface area contributed by atoms with Crippen molar-refractivity contribution in [3.05, 3.63) is 29.4 Å². The summed E-state index contributed by atoms with van der Waals surface area (Å²) in [6.07, 6.45) is 5.09. The number of hydrogen-bond acceptors (Lipinski definition) is 5. The van der Waals surface area contributed by atoms with Crippen molar-refractivity contribution < 1.29 is 13.2 Å². The molecule has 1 saturated heterocycles. The van der Waals surface area contributed by atoms with Crippen LogP contribution < -0.4 is 4.72 Å². The lowest BCUT2D eigenvalue weighted by Crippen LogP contribution is -2.19. The maximum Gasteiger partial charge on any atom is 0.271 e. The van der Waals surface area contributed by atoms with Crippen LogP contribution >= 0.6 is 11.3 Å². The highest BCUT2D eigenvalue weighted by Crippen LogP contribution is 2.25. The summed E-state index contributed by atoms with van der Waals surface area (Å²) in [7, 11) is -3.52. The van der Waals surface area contributed by atoms with E-state index in [9.17, 15) is 8.42 Å². The standard InChI is InChI=1S/C13H17N3O3S2/c1-10-2-3-13(20-10)21(17,18)15-11-8-14-16(9-11)12-4-6-19-7-5-12/h2-3,8-9,12,15H,4-7H2,1H3. The molecule has 0 atom stereocenters. The number of rotatable bonds is 4. The van der Waals surface area contributed by atoms with E-state index < -0.39 is 10.0 Å². The second-order valence-electron chi connectivity index (χ2n) is 5.02. The molecule has 0 unspecified atom stereocenters. The summed E-state index contributed by atoms with van der Waals surface area (Å²) in [5, 5.41) is 4.26. The fraction of sp³-hybridized carbons (Fsp3) is 0.462. The van der Waals surface area contributed by atoms with E-state index in [1.165, 1.54) is 11.3 Å². The van der Waals surface area contributed by atoms with Gasteiger partial charge in [0.15, 0.2) is 0 Å². The lowest BCUT2D eigenvalue weighted by atomic mass is 10.1. The van der Waals surface area contributed by atoms with E-state index in [-0.39, 0.29) is 6.04 Å². The molecule has 6 nitrogen and oxygen atoms in total. The van der Waals surface area contributed by atoms with Crippen LogP contribution in [0.5, 0.6) is 0 Å². The Bertz CT molecular complexity index is 715. The van der Waals surface area contributed by atoms with Gasteiger partial charge in [-0.3, -0.25) is 9.40 Å². The van der Waals surface area contributed by atoms with Crippen molar-refractivity contribution in [2.75, 3.05) is 17.9 Å². The topological polar surface area (TPSA) is 73.2 Å². The van der Waals surface area contributed by atoms with E-state index >= 15 is 0 Å². The molecule has 8 heteroatoms. The van der Waals surface area contributed by atoms with Gasteiger partial charge in [-0.25, -0.2) is 8.42 Å². The van der Waals surface area contributed by atoms with Crippen LogP contribution in [0.1, 0.15) is 23.8 Å². The van der Waals surface area contributed by atoms with Crippen LogP contribution in [0.25, 0.3) is 0 Å². The largest absolute Gasteiger partial charge is 0.381 e. The van der Waals surface area contributed by atoms with Crippen molar-refractivity contribution in [2.24, 2.45) is 0 Å². The number of ether oxygens (including phenoxy) is 1. The fourth-order valence-corrected chi connectivity index (χ4v) is 4.61. The number of aryl methyl sites for hydroxylation is 1. The van der Waals surface area contributed by atoms with Gasteiger partial charge >= 0.3 is 0 Å². The van der Waals surface area contributed by atoms with Gasteiger partial charge in [0, 0.05) is 24.3 Å². The third-order valence-corrected chi connectivity index (χ3v) is 6.27. The molecule has 0 saturated carbocycles. The molecule has 0 aliphatic carbocycles. The van der Waals surface area contributed by atoms with Crippen molar-refractivity contribution >= 4 is 27.0 Å². The molecular formula is C13H17N3O3S2. The number of sulfonamides is 1. The Labute approximate surface area is 127 Å². The van der Waals surface area contributed by atoms with E-state index in [1.54, 1.807) is 24.5 Å². The van der Waals surface area contributed by atoms with Gasteiger partial charge in [0.1, 0.15) is 4.21 Å². The second kappa shape index (κ2) is 5.78. The van der Waals surface area contributed by atoms with Crippen molar-refractivity contribution in [2.45, 2.75) is 30.0 Å². The summed E-state index contributed by atoms with van der Waals surface area (Å²) in [6, 6.07) is 3.69. The Morgan fingerprint density at radius 2 is 2.14 bits per heavy atom. The molecule has 2 aromatic heterocycles. The fourth-order valence-electron chi connectivity index (χ4n) is 2.30. The van der Waals surface area contributed by atoms with E-state index in [4.69, 9.17) is 4.74 Å². The van der Waals surface area contributed by atoms with Crippen molar-refractivity contribution in [3.63, 3.8) is 0 Å². The van der Waals surface area contributed by atoms with Crippen LogP contribution in [0.15, 0.2) is 28.7 Å². The Balaban J connectivity index is 1.74. The van der Waals surface area contributed by atoms with E-state index in [0.717, 1.165) is 30.9 Å². The van der Waals surface area contributed by atoms with Crippen molar-refractivity contribution in [3.8, 4) is 0 Å². The van der Waals surface area contributed by atoms with E-state index in [0.29, 0.717) is 9.90 Å². The predicted octanol–water partition coefficient (Wildman–Crippen LogP) is 2.41. The van der Waals surface area contributed by atoms with Gasteiger partial charge < -0.3 is 4.74 Å². The maximum atomic E-state index is 12.2. The zero-order chi connectivity index (χ0) is 14.9. The first kappa shape index (κ1) is 14.6. The summed E-state index contributed by atoms with van der Waals surface area (Å²) in [6.45, 7) is 3.33. The summed E-state index contributed by atoms with van der Waals surface area (Å²) >= 11 is 1.25. The number of hydrogen-bond donors (Lipinski definition) is 1. The highest BCUT2D eigenvalue weighted by atomic mass is 32.2. The molecule has 0 bridgehead atoms. The molecule has 21 heavy (non-hydrogen) atoms. The highest BCUT2D eigenvalue weighted by Gasteiger charge is 2.20. The lowest BCUT2D eigenvalue weighted by molar-refractivity contribution is 0.0662. The summed E-state index contributed by atoms with van der Waals surface area (Å²) in [4.78, 5) is 0.966. The summed E-state index contributed by atoms with van der Waals surface area (Å²) in [5.74, 6) is 0. The molecule has 0 radical (unpaired) electrons. The molecule has 114 valence electrons. The minimum absolute atomic E-state index is 0.279. The lowest BCUT2D eigenvalue weighted by Gasteiger charge is -2.22. The molecule has 1 aliphatic rings. The van der Waals surface area contributed by atoms with Gasteiger partial charge in [0.25, 0.3) is 10.0 Å². The number of nitrogens with zero attached hydrogens (tertiary/aromatic N) is 2. The van der Waals surface area contributed by atoms with Gasteiger partial charge in [-0.05, 0) is 31.9 Å². The monoisotopic (exact) mass is 327 g/mol. The van der Waals surface area contributed by atoms with Gasteiger partial charge in [-0.1, -0.05) is 0 Å². The van der Waals surface area contributed by atoms with Crippen LogP contribution in [-0.4, -0.2) is 31.4 Å². The Hall–Kier alpha value is -1.38. The Kier molecular flexibility index (Phi) is 4.01. The first-order valence-electron chi connectivity index (χ1n) is 6.76.